The van der Waals surface area contributed by atoms with E-state index in [2.05, 4.69) is 109 Å². The van der Waals surface area contributed by atoms with Crippen molar-refractivity contribution in [3.05, 3.63) is 66.0 Å². The van der Waals surface area contributed by atoms with E-state index < -0.39 is 0 Å². The van der Waals surface area contributed by atoms with Crippen molar-refractivity contribution in [2.24, 2.45) is 0 Å². The molecule has 5 heteroatoms. The van der Waals surface area contributed by atoms with E-state index in [-0.39, 0.29) is 0 Å². The number of furan rings is 1. The van der Waals surface area contributed by atoms with Crippen LogP contribution in [-0.4, -0.2) is 24.5 Å². The Morgan fingerprint density at radius 1 is 0.909 bits per heavy atom. The summed E-state index contributed by atoms with van der Waals surface area (Å²) in [7, 11) is 0. The predicted molar refractivity (Wildman–Crippen MR) is 158 cm³/mol. The lowest BCUT2D eigenvalue weighted by Crippen LogP contribution is -2.23. The molecule has 3 nitrogen and oxygen atoms in total. The monoisotopic (exact) mass is 675 g/mol. The zero-order valence-electron chi connectivity index (χ0n) is 20.8. The second kappa shape index (κ2) is 15.4. The zero-order valence-corrected chi connectivity index (χ0v) is 25.2. The number of aryl methyl sites for hydroxylation is 1. The van der Waals surface area contributed by atoms with Crippen LogP contribution in [0.5, 0.6) is 0 Å². The van der Waals surface area contributed by atoms with Crippen molar-refractivity contribution in [3.8, 4) is 0 Å². The van der Waals surface area contributed by atoms with Gasteiger partial charge in [-0.3, -0.25) is 0 Å². The average molecular weight is 675 g/mol. The molecule has 0 spiro atoms. The SMILES string of the molecule is CCCCc1oc2ccccc2c1COCc1cc(I)c(C)c(I)c1.CCCN(CC)CC. The molecule has 0 amide bonds. The fourth-order valence-corrected chi connectivity index (χ4v) is 5.65. The fourth-order valence-electron chi connectivity index (χ4n) is 3.76. The van der Waals surface area contributed by atoms with Gasteiger partial charge in [0.25, 0.3) is 0 Å². The molecule has 0 atom stereocenters. The standard InChI is InChI=1S/C21H22I2O2.C7H17N/c1-3-4-8-21-17(16-7-5-6-9-20(16)25-21)13-24-12-15-10-18(22)14(2)19(23)11-15;1-4-7-8(5-2)6-3/h5-7,9-11H,3-4,8,12-13H2,1-2H3;4-7H2,1-3H3. The molecule has 0 aliphatic carbocycles. The summed E-state index contributed by atoms with van der Waals surface area (Å²) >= 11 is 4.79. The van der Waals surface area contributed by atoms with Crippen molar-refractivity contribution in [3.63, 3.8) is 0 Å². The molecule has 1 aromatic heterocycles. The van der Waals surface area contributed by atoms with E-state index in [1.54, 1.807) is 0 Å². The summed E-state index contributed by atoms with van der Waals surface area (Å²) in [6.45, 7) is 15.9. The maximum atomic E-state index is 6.08. The quantitative estimate of drug-likeness (QED) is 0.190. The second-order valence-electron chi connectivity index (χ2n) is 8.31. The van der Waals surface area contributed by atoms with Gasteiger partial charge in [0.15, 0.2) is 0 Å². The summed E-state index contributed by atoms with van der Waals surface area (Å²) in [5, 5.41) is 1.18. The molecule has 0 bridgehead atoms. The van der Waals surface area contributed by atoms with Gasteiger partial charge in [0.1, 0.15) is 11.3 Å². The summed E-state index contributed by atoms with van der Waals surface area (Å²) in [4.78, 5) is 2.43. The van der Waals surface area contributed by atoms with Gasteiger partial charge in [-0.05, 0) is 114 Å². The largest absolute Gasteiger partial charge is 0.461 e. The number of rotatable bonds is 11. The highest BCUT2D eigenvalue weighted by Crippen LogP contribution is 2.28. The number of hydrogen-bond acceptors (Lipinski definition) is 3. The number of fused-ring (bicyclic) bond motifs is 1. The first-order valence-electron chi connectivity index (χ1n) is 12.2. The van der Waals surface area contributed by atoms with E-state index in [0.717, 1.165) is 30.6 Å². The first-order chi connectivity index (χ1) is 15.9. The molecule has 0 saturated carbocycles. The lowest BCUT2D eigenvalue weighted by atomic mass is 10.1. The minimum atomic E-state index is 0.594. The molecule has 33 heavy (non-hydrogen) atoms. The summed E-state index contributed by atoms with van der Waals surface area (Å²) in [6, 6.07) is 12.7. The summed E-state index contributed by atoms with van der Waals surface area (Å²) in [6.07, 6.45) is 4.56. The Morgan fingerprint density at radius 3 is 2.15 bits per heavy atom. The Bertz CT molecular complexity index is 956. The molecule has 0 N–H and O–H groups in total. The first kappa shape index (κ1) is 28.6. The van der Waals surface area contributed by atoms with E-state index >= 15 is 0 Å². The smallest absolute Gasteiger partial charge is 0.134 e. The van der Waals surface area contributed by atoms with E-state index in [9.17, 15) is 0 Å². The number of para-hydroxylation sites is 1. The van der Waals surface area contributed by atoms with Crippen LogP contribution in [0.3, 0.4) is 0 Å². The highest BCUT2D eigenvalue weighted by molar-refractivity contribution is 14.1. The lowest BCUT2D eigenvalue weighted by Gasteiger charge is -2.15. The third-order valence-corrected chi connectivity index (χ3v) is 8.07. The van der Waals surface area contributed by atoms with Crippen LogP contribution in [0.1, 0.15) is 69.4 Å². The van der Waals surface area contributed by atoms with Crippen LogP contribution >= 0.6 is 45.2 Å². The van der Waals surface area contributed by atoms with Gasteiger partial charge in [-0.25, -0.2) is 0 Å². The van der Waals surface area contributed by atoms with E-state index in [0.29, 0.717) is 13.2 Å². The molecule has 182 valence electrons. The predicted octanol–water partition coefficient (Wildman–Crippen LogP) is 8.75. The van der Waals surface area contributed by atoms with Crippen molar-refractivity contribution in [1.29, 1.82) is 0 Å². The number of hydrogen-bond donors (Lipinski definition) is 0. The minimum absolute atomic E-state index is 0.594. The molecule has 1 heterocycles. The van der Waals surface area contributed by atoms with Crippen LogP contribution in [-0.2, 0) is 24.4 Å². The molecule has 0 radical (unpaired) electrons. The van der Waals surface area contributed by atoms with E-state index in [4.69, 9.17) is 9.15 Å². The van der Waals surface area contributed by atoms with E-state index in [1.165, 1.54) is 55.3 Å². The molecular formula is C28H39I2NO2. The number of unbranched alkanes of at least 4 members (excludes halogenated alkanes) is 1. The molecule has 0 aliphatic rings. The molecular weight excluding hydrogens is 636 g/mol. The molecule has 0 fully saturated rings. The Kier molecular flexibility index (Phi) is 13.3. The van der Waals surface area contributed by atoms with Gasteiger partial charge in [-0.1, -0.05) is 52.3 Å². The van der Waals surface area contributed by atoms with Crippen molar-refractivity contribution in [2.45, 2.75) is 73.5 Å². The summed E-state index contributed by atoms with van der Waals surface area (Å²) in [5.74, 6) is 1.08. The Hall–Kier alpha value is -0.640. The van der Waals surface area contributed by atoms with Crippen molar-refractivity contribution < 1.29 is 9.15 Å². The van der Waals surface area contributed by atoms with Crippen LogP contribution in [0.25, 0.3) is 11.0 Å². The highest BCUT2D eigenvalue weighted by Gasteiger charge is 2.14. The second-order valence-corrected chi connectivity index (χ2v) is 10.6. The van der Waals surface area contributed by atoms with Gasteiger partial charge in [-0.2, -0.15) is 0 Å². The van der Waals surface area contributed by atoms with Crippen LogP contribution < -0.4 is 0 Å². The highest BCUT2D eigenvalue weighted by atomic mass is 127. The third kappa shape index (κ3) is 8.82. The van der Waals surface area contributed by atoms with Crippen molar-refractivity contribution >= 4 is 56.2 Å². The zero-order chi connectivity index (χ0) is 24.2. The number of ether oxygens (including phenoxy) is 1. The maximum absolute atomic E-state index is 6.08. The average Bonchev–Trinajstić information content (AvgIpc) is 3.17. The van der Waals surface area contributed by atoms with Crippen LogP contribution in [0, 0.1) is 14.1 Å². The Morgan fingerprint density at radius 2 is 1.58 bits per heavy atom. The van der Waals surface area contributed by atoms with Gasteiger partial charge in [0.05, 0.1) is 13.2 Å². The topological polar surface area (TPSA) is 25.6 Å². The minimum Gasteiger partial charge on any atom is -0.461 e. The molecule has 3 rings (SSSR count). The van der Waals surface area contributed by atoms with Gasteiger partial charge in [0, 0.05) is 24.5 Å². The lowest BCUT2D eigenvalue weighted by molar-refractivity contribution is 0.106. The molecule has 3 aromatic rings. The van der Waals surface area contributed by atoms with Gasteiger partial charge in [-0.15, -0.1) is 0 Å². The number of halogens is 2. The fraction of sp³-hybridized carbons (Fsp3) is 0.500. The maximum Gasteiger partial charge on any atom is 0.134 e. The van der Waals surface area contributed by atoms with Gasteiger partial charge >= 0.3 is 0 Å². The Labute approximate surface area is 227 Å². The number of benzene rings is 2. The molecule has 2 aromatic carbocycles. The van der Waals surface area contributed by atoms with Crippen LogP contribution in [0.15, 0.2) is 40.8 Å². The third-order valence-electron chi connectivity index (χ3n) is 5.83. The van der Waals surface area contributed by atoms with Gasteiger partial charge < -0.3 is 14.1 Å². The van der Waals surface area contributed by atoms with E-state index in [1.807, 2.05) is 12.1 Å². The first-order valence-corrected chi connectivity index (χ1v) is 14.3. The van der Waals surface area contributed by atoms with Crippen LogP contribution in [0.2, 0.25) is 0 Å². The molecule has 0 unspecified atom stereocenters. The number of nitrogens with zero attached hydrogens (tertiary/aromatic N) is 1. The molecule has 0 saturated heterocycles. The summed E-state index contributed by atoms with van der Waals surface area (Å²) in [5.41, 5.74) is 4.74. The summed E-state index contributed by atoms with van der Waals surface area (Å²) < 4.78 is 14.7. The van der Waals surface area contributed by atoms with Crippen molar-refractivity contribution in [2.75, 3.05) is 19.6 Å². The molecule has 0 aliphatic heterocycles. The van der Waals surface area contributed by atoms with Gasteiger partial charge in [0.2, 0.25) is 0 Å². The van der Waals surface area contributed by atoms with Crippen LogP contribution in [0.4, 0.5) is 0 Å². The Balaban J connectivity index is 0.000000414. The normalized spacial score (nSPS) is 11.2. The van der Waals surface area contributed by atoms with Crippen molar-refractivity contribution in [1.82, 2.24) is 4.90 Å².